The molecular weight excluding hydrogens is 355 g/mol. The molecule has 0 amide bonds. The van der Waals surface area contributed by atoms with Crippen LogP contribution in [-0.2, 0) is 6.54 Å². The molecule has 2 nitrogen and oxygen atoms in total. The summed E-state index contributed by atoms with van der Waals surface area (Å²) >= 11 is 9.40. The molecule has 0 radical (unpaired) electrons. The van der Waals surface area contributed by atoms with E-state index < -0.39 is 0 Å². The summed E-state index contributed by atoms with van der Waals surface area (Å²) < 4.78 is 14.5. The van der Waals surface area contributed by atoms with Crippen molar-refractivity contribution in [2.24, 2.45) is 0 Å². The third-order valence-corrected chi connectivity index (χ3v) is 4.02. The molecule has 0 aliphatic carbocycles. The predicted octanol–water partition coefficient (Wildman–Crippen LogP) is 5.40. The molecule has 0 aliphatic rings. The molecule has 1 N–H and O–H groups in total. The number of rotatable bonds is 3. The SMILES string of the molecule is Fc1cc(Br)ccc1CNc1ccc(Cl)c2cccnc12. The Morgan fingerprint density at radius 1 is 1.19 bits per heavy atom. The molecule has 3 aromatic rings. The molecule has 1 aromatic heterocycles. The van der Waals surface area contributed by atoms with E-state index in [1.165, 1.54) is 6.07 Å². The average Bonchev–Trinajstić information content (AvgIpc) is 2.48. The average molecular weight is 366 g/mol. The topological polar surface area (TPSA) is 24.9 Å². The Hall–Kier alpha value is -1.65. The highest BCUT2D eigenvalue weighted by molar-refractivity contribution is 9.10. The number of nitrogens with one attached hydrogen (secondary N) is 1. The zero-order valence-corrected chi connectivity index (χ0v) is 13.2. The lowest BCUT2D eigenvalue weighted by Gasteiger charge is -2.11. The van der Waals surface area contributed by atoms with Crippen molar-refractivity contribution in [2.75, 3.05) is 5.32 Å². The molecule has 0 aliphatic heterocycles. The van der Waals surface area contributed by atoms with Gasteiger partial charge in [-0.05, 0) is 36.4 Å². The van der Waals surface area contributed by atoms with Gasteiger partial charge in [-0.15, -0.1) is 0 Å². The molecule has 0 fully saturated rings. The molecule has 5 heteroatoms. The van der Waals surface area contributed by atoms with E-state index in [1.54, 1.807) is 12.3 Å². The van der Waals surface area contributed by atoms with Crippen molar-refractivity contribution in [3.05, 3.63) is 69.5 Å². The van der Waals surface area contributed by atoms with Crippen LogP contribution in [0.1, 0.15) is 5.56 Å². The first-order valence-corrected chi connectivity index (χ1v) is 7.53. The Balaban J connectivity index is 1.90. The van der Waals surface area contributed by atoms with Gasteiger partial charge in [-0.3, -0.25) is 4.98 Å². The molecule has 0 unspecified atom stereocenters. The minimum atomic E-state index is -0.247. The fourth-order valence-corrected chi connectivity index (χ4v) is 2.68. The van der Waals surface area contributed by atoms with Gasteiger partial charge in [-0.2, -0.15) is 0 Å². The molecule has 0 bridgehead atoms. The van der Waals surface area contributed by atoms with Gasteiger partial charge in [0.15, 0.2) is 0 Å². The number of fused-ring (bicyclic) bond motifs is 1. The number of nitrogens with zero attached hydrogens (tertiary/aromatic N) is 1. The van der Waals surface area contributed by atoms with Gasteiger partial charge < -0.3 is 5.32 Å². The number of benzene rings is 2. The van der Waals surface area contributed by atoms with Crippen molar-refractivity contribution >= 4 is 44.1 Å². The lowest BCUT2D eigenvalue weighted by atomic mass is 10.1. The standard InChI is InChI=1S/C16H11BrClFN2/c17-11-4-3-10(14(19)8-11)9-21-15-6-5-13(18)12-2-1-7-20-16(12)15/h1-8,21H,9H2. The van der Waals surface area contributed by atoms with Gasteiger partial charge >= 0.3 is 0 Å². The highest BCUT2D eigenvalue weighted by Crippen LogP contribution is 2.28. The van der Waals surface area contributed by atoms with Crippen LogP contribution in [0.25, 0.3) is 10.9 Å². The molecule has 1 heterocycles. The first-order chi connectivity index (χ1) is 10.1. The van der Waals surface area contributed by atoms with E-state index >= 15 is 0 Å². The third kappa shape index (κ3) is 3.01. The highest BCUT2D eigenvalue weighted by Gasteiger charge is 2.07. The Bertz CT molecular complexity index is 807. The minimum absolute atomic E-state index is 0.247. The summed E-state index contributed by atoms with van der Waals surface area (Å²) in [6.07, 6.45) is 1.71. The monoisotopic (exact) mass is 364 g/mol. The second-order valence-corrected chi connectivity index (χ2v) is 5.91. The van der Waals surface area contributed by atoms with Crippen LogP contribution in [0.4, 0.5) is 10.1 Å². The summed E-state index contributed by atoms with van der Waals surface area (Å²) in [5, 5.41) is 4.74. The second-order valence-electron chi connectivity index (χ2n) is 4.58. The van der Waals surface area contributed by atoms with Crippen LogP contribution in [0.2, 0.25) is 5.02 Å². The number of halogens is 3. The van der Waals surface area contributed by atoms with Gasteiger partial charge in [0.2, 0.25) is 0 Å². The molecule has 2 aromatic carbocycles. The Labute approximate surface area is 135 Å². The summed E-state index contributed by atoms with van der Waals surface area (Å²) in [4.78, 5) is 4.34. The van der Waals surface area contributed by atoms with Gasteiger partial charge in [0, 0.05) is 28.2 Å². The van der Waals surface area contributed by atoms with Crippen LogP contribution < -0.4 is 5.32 Å². The number of pyridine rings is 1. The maximum absolute atomic E-state index is 13.8. The highest BCUT2D eigenvalue weighted by atomic mass is 79.9. The van der Waals surface area contributed by atoms with Crippen LogP contribution in [0.5, 0.6) is 0 Å². The van der Waals surface area contributed by atoms with Crippen LogP contribution in [0.3, 0.4) is 0 Å². The van der Waals surface area contributed by atoms with Crippen molar-refractivity contribution in [3.63, 3.8) is 0 Å². The van der Waals surface area contributed by atoms with Crippen LogP contribution >= 0.6 is 27.5 Å². The third-order valence-electron chi connectivity index (χ3n) is 3.20. The number of anilines is 1. The summed E-state index contributed by atoms with van der Waals surface area (Å²) in [5.74, 6) is -0.247. The Kier molecular flexibility index (Phi) is 4.08. The normalized spacial score (nSPS) is 10.8. The molecular formula is C16H11BrClFN2. The fraction of sp³-hybridized carbons (Fsp3) is 0.0625. The van der Waals surface area contributed by atoms with E-state index in [2.05, 4.69) is 26.2 Å². The van der Waals surface area contributed by atoms with E-state index in [0.717, 1.165) is 21.1 Å². The molecule has 106 valence electrons. The number of hydrogen-bond donors (Lipinski definition) is 1. The molecule has 0 spiro atoms. The smallest absolute Gasteiger partial charge is 0.129 e. The van der Waals surface area contributed by atoms with Crippen LogP contribution in [-0.4, -0.2) is 4.98 Å². The van der Waals surface area contributed by atoms with E-state index in [1.807, 2.05) is 30.3 Å². The van der Waals surface area contributed by atoms with Crippen molar-refractivity contribution in [3.8, 4) is 0 Å². The second kappa shape index (κ2) is 6.00. The lowest BCUT2D eigenvalue weighted by molar-refractivity contribution is 0.612. The predicted molar refractivity (Wildman–Crippen MR) is 88.2 cm³/mol. The largest absolute Gasteiger partial charge is 0.379 e. The Morgan fingerprint density at radius 2 is 2.05 bits per heavy atom. The number of aromatic nitrogens is 1. The summed E-state index contributed by atoms with van der Waals surface area (Å²) in [6, 6.07) is 12.4. The van der Waals surface area contributed by atoms with Gasteiger partial charge in [0.05, 0.1) is 16.2 Å². The molecule has 21 heavy (non-hydrogen) atoms. The summed E-state index contributed by atoms with van der Waals surface area (Å²) in [6.45, 7) is 0.381. The minimum Gasteiger partial charge on any atom is -0.379 e. The zero-order valence-electron chi connectivity index (χ0n) is 10.9. The first kappa shape index (κ1) is 14.3. The quantitative estimate of drug-likeness (QED) is 0.672. The van der Waals surface area contributed by atoms with E-state index in [0.29, 0.717) is 17.1 Å². The van der Waals surface area contributed by atoms with Gasteiger partial charge in [-0.1, -0.05) is 33.6 Å². The summed E-state index contributed by atoms with van der Waals surface area (Å²) in [7, 11) is 0. The van der Waals surface area contributed by atoms with E-state index in [9.17, 15) is 4.39 Å². The van der Waals surface area contributed by atoms with Crippen molar-refractivity contribution in [1.29, 1.82) is 0 Å². The molecule has 3 rings (SSSR count). The molecule has 0 atom stereocenters. The first-order valence-electron chi connectivity index (χ1n) is 6.36. The van der Waals surface area contributed by atoms with E-state index in [4.69, 9.17) is 11.6 Å². The van der Waals surface area contributed by atoms with Crippen molar-refractivity contribution < 1.29 is 4.39 Å². The van der Waals surface area contributed by atoms with Gasteiger partial charge in [0.25, 0.3) is 0 Å². The Morgan fingerprint density at radius 3 is 2.86 bits per heavy atom. The maximum Gasteiger partial charge on any atom is 0.129 e. The maximum atomic E-state index is 13.8. The van der Waals surface area contributed by atoms with E-state index in [-0.39, 0.29) is 5.82 Å². The fourth-order valence-electron chi connectivity index (χ4n) is 2.14. The summed E-state index contributed by atoms with van der Waals surface area (Å²) in [5.41, 5.74) is 2.21. The lowest BCUT2D eigenvalue weighted by Crippen LogP contribution is -2.02. The number of hydrogen-bond acceptors (Lipinski definition) is 2. The van der Waals surface area contributed by atoms with Crippen LogP contribution in [0, 0.1) is 5.82 Å². The van der Waals surface area contributed by atoms with Gasteiger partial charge in [0.1, 0.15) is 5.82 Å². The zero-order chi connectivity index (χ0) is 14.8. The molecule has 0 saturated heterocycles. The van der Waals surface area contributed by atoms with Crippen molar-refractivity contribution in [2.45, 2.75) is 6.54 Å². The molecule has 0 saturated carbocycles. The van der Waals surface area contributed by atoms with Gasteiger partial charge in [-0.25, -0.2) is 4.39 Å². The van der Waals surface area contributed by atoms with Crippen LogP contribution in [0.15, 0.2) is 53.1 Å². The van der Waals surface area contributed by atoms with Crippen molar-refractivity contribution in [1.82, 2.24) is 4.98 Å².